The first-order valence-electron chi connectivity index (χ1n) is 18.6. The van der Waals surface area contributed by atoms with Crippen LogP contribution in [0.1, 0.15) is 85.1 Å². The first-order chi connectivity index (χ1) is 23.4. The molecule has 10 nitrogen and oxygen atoms in total. The van der Waals surface area contributed by atoms with Gasteiger partial charge >= 0.3 is 6.03 Å². The second-order valence-corrected chi connectivity index (χ2v) is 15.0. The van der Waals surface area contributed by atoms with E-state index in [2.05, 4.69) is 15.5 Å². The molecular formula is C39H62ClN5O5. The maximum atomic E-state index is 14.1. The molecule has 0 unspecified atom stereocenters. The Balaban J connectivity index is 0.00000676. The molecule has 280 valence electrons. The largest absolute Gasteiger partial charge is 0.390 e. The molecule has 2 fully saturated rings. The number of halogens is 1. The number of amides is 4. The van der Waals surface area contributed by atoms with Crippen molar-refractivity contribution in [2.24, 2.45) is 11.8 Å². The zero-order chi connectivity index (χ0) is 35.7. The summed E-state index contributed by atoms with van der Waals surface area (Å²) in [4.78, 5) is 48.0. The Morgan fingerprint density at radius 2 is 1.52 bits per heavy atom. The number of hydrogen-bond donors (Lipinski definition) is 4. The lowest BCUT2D eigenvalue weighted by atomic mass is 9.91. The molecule has 4 rings (SSSR count). The van der Waals surface area contributed by atoms with Crippen LogP contribution < -0.4 is 10.6 Å². The number of aliphatic hydroxyl groups is 2. The quantitative estimate of drug-likeness (QED) is 0.219. The average molecular weight is 716 g/mol. The van der Waals surface area contributed by atoms with Crippen molar-refractivity contribution in [3.63, 3.8) is 0 Å². The van der Waals surface area contributed by atoms with E-state index < -0.39 is 36.2 Å². The maximum absolute atomic E-state index is 14.1. The van der Waals surface area contributed by atoms with Crippen LogP contribution in [-0.2, 0) is 16.0 Å². The van der Waals surface area contributed by atoms with Crippen molar-refractivity contribution in [2.45, 2.75) is 122 Å². The van der Waals surface area contributed by atoms with Crippen molar-refractivity contribution in [1.82, 2.24) is 25.3 Å². The molecule has 6 atom stereocenters. The number of nitrogens with one attached hydrogen (secondary N) is 2. The highest BCUT2D eigenvalue weighted by Crippen LogP contribution is 2.26. The minimum absolute atomic E-state index is 0. The van der Waals surface area contributed by atoms with Crippen molar-refractivity contribution in [1.29, 1.82) is 0 Å². The molecular weight excluding hydrogens is 654 g/mol. The van der Waals surface area contributed by atoms with Crippen molar-refractivity contribution in [2.75, 3.05) is 33.2 Å². The summed E-state index contributed by atoms with van der Waals surface area (Å²) in [6.07, 6.45) is 3.96. The number of piperazine rings is 1. The average Bonchev–Trinajstić information content (AvgIpc) is 3.09. The van der Waals surface area contributed by atoms with Gasteiger partial charge in [-0.25, -0.2) is 4.79 Å². The zero-order valence-electron chi connectivity index (χ0n) is 31.0. The van der Waals surface area contributed by atoms with Crippen LogP contribution in [0.25, 0.3) is 10.8 Å². The van der Waals surface area contributed by atoms with Crippen LogP contribution in [0.15, 0.2) is 42.5 Å². The number of rotatable bonds is 14. The maximum Gasteiger partial charge on any atom is 0.321 e. The fourth-order valence-electron chi connectivity index (χ4n) is 7.30. The van der Waals surface area contributed by atoms with Crippen molar-refractivity contribution >= 4 is 41.0 Å². The van der Waals surface area contributed by atoms with Gasteiger partial charge < -0.3 is 35.5 Å². The molecule has 11 heteroatoms. The number of benzene rings is 2. The number of nitrogens with zero attached hydrogens (tertiary/aromatic N) is 3. The Hall–Kier alpha value is -2.92. The molecule has 1 aliphatic carbocycles. The molecule has 2 aromatic rings. The zero-order valence-corrected chi connectivity index (χ0v) is 31.8. The van der Waals surface area contributed by atoms with Crippen molar-refractivity contribution in [3.05, 3.63) is 48.0 Å². The second-order valence-electron chi connectivity index (χ2n) is 15.0. The minimum Gasteiger partial charge on any atom is -0.390 e. The van der Waals surface area contributed by atoms with Crippen LogP contribution >= 0.6 is 12.4 Å². The standard InChI is InChI=1S/C39H61N5O5.ClH/c1-7-27(4)35(41-37(47)28(5)44(32-15-9-8-10-16-32)39(49)43-21-19-42(6)20-22-43)38(48)40-33(36(46)34(45)23-26(2)3)25-29-17-18-30-13-11-12-14-31(30)24-29;/h11-14,17-18,24,26-28,32-36,45-46H,7-10,15-16,19-23,25H2,1-6H3,(H,40,48)(H,41,47);1H/t27-,28-,33-,34-,35-,36+;/m0./s1. The Morgan fingerprint density at radius 1 is 0.880 bits per heavy atom. The molecule has 50 heavy (non-hydrogen) atoms. The summed E-state index contributed by atoms with van der Waals surface area (Å²) in [6.45, 7) is 12.5. The highest BCUT2D eigenvalue weighted by atomic mass is 35.5. The fraction of sp³-hybridized carbons (Fsp3) is 0.667. The van der Waals surface area contributed by atoms with Gasteiger partial charge in [-0.2, -0.15) is 0 Å². The predicted octanol–water partition coefficient (Wildman–Crippen LogP) is 4.98. The number of urea groups is 1. The number of carbonyl (C=O) groups is 3. The number of fused-ring (bicyclic) bond motifs is 1. The van der Waals surface area contributed by atoms with Gasteiger partial charge in [-0.05, 0) is 67.8 Å². The molecule has 2 aromatic carbocycles. The first-order valence-corrected chi connectivity index (χ1v) is 18.6. The summed E-state index contributed by atoms with van der Waals surface area (Å²) >= 11 is 0. The highest BCUT2D eigenvalue weighted by molar-refractivity contribution is 5.92. The smallest absolute Gasteiger partial charge is 0.321 e. The van der Waals surface area contributed by atoms with Gasteiger partial charge in [0.25, 0.3) is 0 Å². The van der Waals surface area contributed by atoms with Crippen molar-refractivity contribution in [3.8, 4) is 0 Å². The van der Waals surface area contributed by atoms with Gasteiger partial charge in [0, 0.05) is 32.2 Å². The number of aliphatic hydroxyl groups excluding tert-OH is 2. The lowest BCUT2D eigenvalue weighted by Crippen LogP contribution is -2.62. The third-order valence-corrected chi connectivity index (χ3v) is 10.7. The SMILES string of the molecule is CC[C@H](C)[C@H](NC(=O)[C@H](C)N(C(=O)N1CCN(C)CC1)C1CCCCC1)C(=O)N[C@@H](Cc1ccc2ccccc2c1)[C@@H](O)[C@@H](O)CC(C)C.Cl. The predicted molar refractivity (Wildman–Crippen MR) is 202 cm³/mol. The topological polar surface area (TPSA) is 125 Å². The van der Waals surface area contributed by atoms with Crippen LogP contribution in [0, 0.1) is 11.8 Å². The Kier molecular flexibility index (Phi) is 16.3. The second kappa shape index (κ2) is 19.6. The van der Waals surface area contributed by atoms with Gasteiger partial charge in [-0.1, -0.05) is 95.8 Å². The van der Waals surface area contributed by atoms with E-state index in [1.165, 1.54) is 0 Å². The van der Waals surface area contributed by atoms with Gasteiger partial charge in [-0.3, -0.25) is 9.59 Å². The molecule has 1 heterocycles. The highest BCUT2D eigenvalue weighted by Gasteiger charge is 2.39. The lowest BCUT2D eigenvalue weighted by molar-refractivity contribution is -0.134. The van der Waals surface area contributed by atoms with Gasteiger partial charge in [-0.15, -0.1) is 12.4 Å². The third-order valence-electron chi connectivity index (χ3n) is 10.7. The summed E-state index contributed by atoms with van der Waals surface area (Å²) in [6, 6.07) is 11.5. The fourth-order valence-corrected chi connectivity index (χ4v) is 7.30. The summed E-state index contributed by atoms with van der Waals surface area (Å²) in [5, 5.41) is 30.6. The van der Waals surface area contributed by atoms with Crippen LogP contribution in [0.5, 0.6) is 0 Å². The number of likely N-dealkylation sites (N-methyl/N-ethyl adjacent to an activating group) is 1. The molecule has 2 aliphatic rings. The molecule has 0 spiro atoms. The van der Waals surface area contributed by atoms with Gasteiger partial charge in [0.1, 0.15) is 18.2 Å². The first kappa shape index (κ1) is 41.5. The normalized spacial score (nSPS) is 19.5. The molecule has 1 aliphatic heterocycles. The van der Waals surface area contributed by atoms with E-state index in [1.54, 1.807) is 11.8 Å². The van der Waals surface area contributed by atoms with E-state index in [1.807, 2.05) is 82.1 Å². The monoisotopic (exact) mass is 715 g/mol. The summed E-state index contributed by atoms with van der Waals surface area (Å²) < 4.78 is 0. The molecule has 1 saturated carbocycles. The van der Waals surface area contributed by atoms with Crippen LogP contribution in [0.3, 0.4) is 0 Å². The van der Waals surface area contributed by atoms with Crippen LogP contribution in [-0.4, -0.2) is 112 Å². The van der Waals surface area contributed by atoms with Crippen LogP contribution in [0.2, 0.25) is 0 Å². The van der Waals surface area contributed by atoms with E-state index in [9.17, 15) is 24.6 Å². The van der Waals surface area contributed by atoms with Gasteiger partial charge in [0.2, 0.25) is 11.8 Å². The van der Waals surface area contributed by atoms with Gasteiger partial charge in [0.15, 0.2) is 0 Å². The van der Waals surface area contributed by atoms with E-state index >= 15 is 0 Å². The van der Waals surface area contributed by atoms with Gasteiger partial charge in [0.05, 0.1) is 12.1 Å². The van der Waals surface area contributed by atoms with E-state index in [0.29, 0.717) is 32.4 Å². The Bertz CT molecular complexity index is 1380. The molecule has 0 bridgehead atoms. The van der Waals surface area contributed by atoms with Crippen molar-refractivity contribution < 1.29 is 24.6 Å². The number of hydrogen-bond acceptors (Lipinski definition) is 6. The Labute approximate surface area is 305 Å². The molecule has 1 saturated heterocycles. The van der Waals surface area contributed by atoms with Crippen LogP contribution in [0.4, 0.5) is 4.79 Å². The third kappa shape index (κ3) is 11.0. The molecule has 0 radical (unpaired) electrons. The number of carbonyl (C=O) groups excluding carboxylic acids is 3. The summed E-state index contributed by atoms with van der Waals surface area (Å²) in [7, 11) is 2.05. The van der Waals surface area contributed by atoms with E-state index in [-0.39, 0.29) is 42.2 Å². The summed E-state index contributed by atoms with van der Waals surface area (Å²) in [5.41, 5.74) is 0.920. The molecule has 4 amide bonds. The lowest BCUT2D eigenvalue weighted by Gasteiger charge is -2.43. The summed E-state index contributed by atoms with van der Waals surface area (Å²) in [5.74, 6) is -0.839. The molecule has 0 aromatic heterocycles. The van der Waals surface area contributed by atoms with E-state index in [4.69, 9.17) is 0 Å². The van der Waals surface area contributed by atoms with E-state index in [0.717, 1.165) is 61.5 Å². The Morgan fingerprint density at radius 3 is 2.14 bits per heavy atom. The molecule has 4 N–H and O–H groups in total. The minimum atomic E-state index is -1.21.